The molecule has 0 aliphatic carbocycles. The van der Waals surface area contributed by atoms with E-state index < -0.39 is 11.8 Å². The smallest absolute Gasteiger partial charge is 0.307 e. The number of nitrogens with one attached hydrogen (secondary N) is 1. The lowest BCUT2D eigenvalue weighted by Gasteiger charge is -2.09. The Morgan fingerprint density at radius 3 is 2.50 bits per heavy atom. The average molecular weight is 351 g/mol. The first-order chi connectivity index (χ1) is 12.5. The lowest BCUT2D eigenvalue weighted by atomic mass is 10.0. The zero-order valence-electron chi connectivity index (χ0n) is 14.0. The number of benzene rings is 3. The summed E-state index contributed by atoms with van der Waals surface area (Å²) < 4.78 is 13.9. The van der Waals surface area contributed by atoms with Gasteiger partial charge >= 0.3 is 5.97 Å². The number of hydrogen-bond donors (Lipinski definition) is 2. The second-order valence-corrected chi connectivity index (χ2v) is 6.06. The van der Waals surface area contributed by atoms with Gasteiger partial charge in [0.05, 0.1) is 6.42 Å². The van der Waals surface area contributed by atoms with Crippen LogP contribution in [-0.2, 0) is 22.4 Å². The molecule has 132 valence electrons. The van der Waals surface area contributed by atoms with Gasteiger partial charge in [-0.15, -0.1) is 0 Å². The summed E-state index contributed by atoms with van der Waals surface area (Å²) in [6, 6.07) is 18.0. The van der Waals surface area contributed by atoms with Crippen molar-refractivity contribution in [3.8, 4) is 0 Å². The molecule has 5 heteroatoms. The maximum absolute atomic E-state index is 13.9. The quantitative estimate of drug-likeness (QED) is 0.700. The molecule has 0 aromatic heterocycles. The Kier molecular flexibility index (Phi) is 5.27. The lowest BCUT2D eigenvalue weighted by Crippen LogP contribution is -2.13. The number of anilines is 1. The summed E-state index contributed by atoms with van der Waals surface area (Å²) in [7, 11) is 0. The van der Waals surface area contributed by atoms with E-state index in [1.807, 2.05) is 42.5 Å². The van der Waals surface area contributed by atoms with E-state index >= 15 is 0 Å². The van der Waals surface area contributed by atoms with Crippen molar-refractivity contribution in [1.82, 2.24) is 0 Å². The number of aliphatic carboxylic acids is 1. The van der Waals surface area contributed by atoms with Crippen molar-refractivity contribution in [2.45, 2.75) is 19.3 Å². The highest BCUT2D eigenvalue weighted by molar-refractivity contribution is 5.92. The molecule has 0 radical (unpaired) electrons. The monoisotopic (exact) mass is 351 g/mol. The van der Waals surface area contributed by atoms with E-state index in [1.165, 1.54) is 12.1 Å². The molecule has 0 saturated carbocycles. The van der Waals surface area contributed by atoms with Gasteiger partial charge in [-0.05, 0) is 40.5 Å². The van der Waals surface area contributed by atoms with Crippen molar-refractivity contribution in [3.63, 3.8) is 0 Å². The third kappa shape index (κ3) is 4.25. The van der Waals surface area contributed by atoms with Gasteiger partial charge in [0.2, 0.25) is 5.91 Å². The van der Waals surface area contributed by atoms with Crippen molar-refractivity contribution in [2.24, 2.45) is 0 Å². The molecule has 3 rings (SSSR count). The molecule has 3 aromatic rings. The van der Waals surface area contributed by atoms with Crippen LogP contribution in [0.15, 0.2) is 60.7 Å². The van der Waals surface area contributed by atoms with Gasteiger partial charge in [0.1, 0.15) is 5.82 Å². The summed E-state index contributed by atoms with van der Waals surface area (Å²) in [6.07, 6.45) is 0.459. The fourth-order valence-corrected chi connectivity index (χ4v) is 2.91. The van der Waals surface area contributed by atoms with Crippen molar-refractivity contribution in [3.05, 3.63) is 77.6 Å². The number of rotatable bonds is 6. The molecule has 0 atom stereocenters. The van der Waals surface area contributed by atoms with Crippen LogP contribution in [0.4, 0.5) is 10.1 Å². The number of halogens is 1. The first-order valence-electron chi connectivity index (χ1n) is 8.29. The highest BCUT2D eigenvalue weighted by atomic mass is 19.1. The maximum Gasteiger partial charge on any atom is 0.307 e. The summed E-state index contributed by atoms with van der Waals surface area (Å²) in [5.74, 6) is -1.96. The van der Waals surface area contributed by atoms with Crippen LogP contribution in [0.3, 0.4) is 0 Å². The zero-order valence-corrected chi connectivity index (χ0v) is 14.0. The van der Waals surface area contributed by atoms with E-state index in [0.717, 1.165) is 22.4 Å². The molecular weight excluding hydrogens is 333 g/mol. The van der Waals surface area contributed by atoms with Gasteiger partial charge in [-0.25, -0.2) is 4.39 Å². The summed E-state index contributed by atoms with van der Waals surface area (Å²) in [5, 5.41) is 13.6. The van der Waals surface area contributed by atoms with Crippen LogP contribution in [0.1, 0.15) is 17.5 Å². The Morgan fingerprint density at radius 2 is 1.73 bits per heavy atom. The molecule has 0 bridgehead atoms. The molecule has 0 unspecified atom stereocenters. The van der Waals surface area contributed by atoms with Crippen LogP contribution in [0.25, 0.3) is 10.8 Å². The zero-order chi connectivity index (χ0) is 18.5. The summed E-state index contributed by atoms with van der Waals surface area (Å²) >= 11 is 0. The van der Waals surface area contributed by atoms with Crippen LogP contribution in [0.2, 0.25) is 0 Å². The maximum atomic E-state index is 13.9. The molecule has 0 heterocycles. The third-order valence-corrected chi connectivity index (χ3v) is 4.18. The van der Waals surface area contributed by atoms with Crippen LogP contribution >= 0.6 is 0 Å². The van der Waals surface area contributed by atoms with Crippen molar-refractivity contribution in [1.29, 1.82) is 0 Å². The Balaban J connectivity index is 1.64. The van der Waals surface area contributed by atoms with E-state index in [4.69, 9.17) is 5.11 Å². The first kappa shape index (κ1) is 17.6. The molecule has 4 nitrogen and oxygen atoms in total. The van der Waals surface area contributed by atoms with Gasteiger partial charge in [-0.2, -0.15) is 0 Å². The molecule has 0 fully saturated rings. The highest BCUT2D eigenvalue weighted by Gasteiger charge is 2.10. The van der Waals surface area contributed by atoms with Crippen LogP contribution in [0.5, 0.6) is 0 Å². The first-order valence-corrected chi connectivity index (χ1v) is 8.29. The number of carbonyl (C=O) groups excluding carboxylic acids is 1. The lowest BCUT2D eigenvalue weighted by molar-refractivity contribution is -0.136. The van der Waals surface area contributed by atoms with Gasteiger partial charge in [0.15, 0.2) is 0 Å². The Morgan fingerprint density at radius 1 is 0.962 bits per heavy atom. The minimum Gasteiger partial charge on any atom is -0.481 e. The summed E-state index contributed by atoms with van der Waals surface area (Å²) in [4.78, 5) is 22.8. The molecule has 3 aromatic carbocycles. The molecule has 0 aliphatic rings. The summed E-state index contributed by atoms with van der Waals surface area (Å²) in [6.45, 7) is 0. The molecule has 26 heavy (non-hydrogen) atoms. The van der Waals surface area contributed by atoms with E-state index in [0.29, 0.717) is 12.1 Å². The number of hydrogen-bond acceptors (Lipinski definition) is 2. The van der Waals surface area contributed by atoms with Crippen LogP contribution in [0, 0.1) is 5.82 Å². The van der Waals surface area contributed by atoms with Crippen molar-refractivity contribution < 1.29 is 19.1 Å². The SMILES string of the molecule is O=C(O)Cc1ccc(NC(=O)CCc2cccc3ccccc23)cc1F. The minimum absolute atomic E-state index is 0.0891. The number of carboxylic acid groups (broad SMARTS) is 1. The number of amides is 1. The van der Waals surface area contributed by atoms with E-state index in [2.05, 4.69) is 5.32 Å². The van der Waals surface area contributed by atoms with E-state index in [-0.39, 0.29) is 24.3 Å². The number of carbonyl (C=O) groups is 2. The second kappa shape index (κ2) is 7.78. The predicted octanol–water partition coefficient (Wildman–Crippen LogP) is 4.18. The molecule has 0 aliphatic heterocycles. The van der Waals surface area contributed by atoms with Gasteiger partial charge < -0.3 is 10.4 Å². The fraction of sp³-hybridized carbons (Fsp3) is 0.143. The molecule has 0 spiro atoms. The van der Waals surface area contributed by atoms with Gasteiger partial charge in [-0.3, -0.25) is 9.59 Å². The van der Waals surface area contributed by atoms with Crippen LogP contribution in [-0.4, -0.2) is 17.0 Å². The Labute approximate surface area is 150 Å². The average Bonchev–Trinajstić information content (AvgIpc) is 2.62. The minimum atomic E-state index is -1.10. The Bertz CT molecular complexity index is 963. The Hall–Kier alpha value is -3.21. The fourth-order valence-electron chi connectivity index (χ4n) is 2.91. The number of aryl methyl sites for hydroxylation is 1. The molecule has 2 N–H and O–H groups in total. The highest BCUT2D eigenvalue weighted by Crippen LogP contribution is 2.20. The molecule has 1 amide bonds. The largest absolute Gasteiger partial charge is 0.481 e. The van der Waals surface area contributed by atoms with Gasteiger partial charge in [-0.1, -0.05) is 48.5 Å². The van der Waals surface area contributed by atoms with Crippen LogP contribution < -0.4 is 5.32 Å². The van der Waals surface area contributed by atoms with Gasteiger partial charge in [0.25, 0.3) is 0 Å². The normalized spacial score (nSPS) is 10.7. The second-order valence-electron chi connectivity index (χ2n) is 6.06. The summed E-state index contributed by atoms with van der Waals surface area (Å²) in [5.41, 5.74) is 1.49. The number of carboxylic acids is 1. The standard InChI is InChI=1S/C21H18FNO3/c22-19-13-17(10-8-16(19)12-21(25)26)23-20(24)11-9-15-6-3-5-14-4-1-2-7-18(14)15/h1-8,10,13H,9,11-12H2,(H,23,24)(H,25,26). The topological polar surface area (TPSA) is 66.4 Å². The van der Waals surface area contributed by atoms with E-state index in [1.54, 1.807) is 0 Å². The van der Waals surface area contributed by atoms with Gasteiger partial charge in [0, 0.05) is 12.1 Å². The molecule has 0 saturated heterocycles. The number of fused-ring (bicyclic) bond motifs is 1. The van der Waals surface area contributed by atoms with E-state index in [9.17, 15) is 14.0 Å². The van der Waals surface area contributed by atoms with Crippen molar-refractivity contribution in [2.75, 3.05) is 5.32 Å². The third-order valence-electron chi connectivity index (χ3n) is 4.18. The predicted molar refractivity (Wildman–Crippen MR) is 98.6 cm³/mol. The molecular formula is C21H18FNO3. The van der Waals surface area contributed by atoms with Crippen molar-refractivity contribution >= 4 is 28.3 Å².